The first kappa shape index (κ1) is 11.8. The lowest BCUT2D eigenvalue weighted by Crippen LogP contribution is -2.40. The number of carbonyl (C=O) groups is 1. The number of anilines is 1. The summed E-state index contributed by atoms with van der Waals surface area (Å²) in [5, 5.41) is 18.6. The minimum atomic E-state index is -0.773. The second kappa shape index (κ2) is 4.28. The van der Waals surface area contributed by atoms with Gasteiger partial charge in [0.1, 0.15) is 5.75 Å². The van der Waals surface area contributed by atoms with Crippen molar-refractivity contribution in [2.75, 3.05) is 11.4 Å². The number of carboxylic acids is 1. The topological polar surface area (TPSA) is 60.8 Å². The third-order valence-corrected chi connectivity index (χ3v) is 3.51. The van der Waals surface area contributed by atoms with Gasteiger partial charge in [-0.25, -0.2) is 0 Å². The maximum absolute atomic E-state index is 11.1. The second-order valence-electron chi connectivity index (χ2n) is 4.50. The molecule has 1 aliphatic rings. The van der Waals surface area contributed by atoms with Gasteiger partial charge in [-0.05, 0) is 44.0 Å². The van der Waals surface area contributed by atoms with E-state index in [0.29, 0.717) is 6.42 Å². The van der Waals surface area contributed by atoms with Crippen molar-refractivity contribution in [3.8, 4) is 5.75 Å². The molecule has 0 saturated heterocycles. The van der Waals surface area contributed by atoms with E-state index in [0.717, 1.165) is 17.8 Å². The van der Waals surface area contributed by atoms with Gasteiger partial charge in [0.25, 0.3) is 0 Å². The molecule has 17 heavy (non-hydrogen) atoms. The van der Waals surface area contributed by atoms with Crippen molar-refractivity contribution in [3.63, 3.8) is 0 Å². The zero-order chi connectivity index (χ0) is 12.6. The summed E-state index contributed by atoms with van der Waals surface area (Å²) in [4.78, 5) is 13.2. The summed E-state index contributed by atoms with van der Waals surface area (Å²) in [6.07, 6.45) is 0.686. The molecule has 2 N–H and O–H groups in total. The van der Waals surface area contributed by atoms with Crippen molar-refractivity contribution in [2.24, 2.45) is 5.92 Å². The number of carboxylic acid groups (broad SMARTS) is 1. The van der Waals surface area contributed by atoms with E-state index in [9.17, 15) is 9.90 Å². The third-order valence-electron chi connectivity index (χ3n) is 3.51. The van der Waals surface area contributed by atoms with Crippen molar-refractivity contribution in [1.29, 1.82) is 0 Å². The van der Waals surface area contributed by atoms with Gasteiger partial charge in [0, 0.05) is 18.3 Å². The van der Waals surface area contributed by atoms with E-state index >= 15 is 0 Å². The van der Waals surface area contributed by atoms with Crippen LogP contribution in [0.1, 0.15) is 19.4 Å². The Labute approximate surface area is 100 Å². The molecule has 0 fully saturated rings. The zero-order valence-electron chi connectivity index (χ0n) is 10.1. The van der Waals surface area contributed by atoms with E-state index in [2.05, 4.69) is 4.90 Å². The van der Waals surface area contributed by atoms with Crippen molar-refractivity contribution in [3.05, 3.63) is 23.8 Å². The number of aromatic hydroxyl groups is 1. The number of phenolic OH excluding ortho intramolecular Hbond substituents is 1. The van der Waals surface area contributed by atoms with Crippen LogP contribution in [0.2, 0.25) is 0 Å². The maximum atomic E-state index is 11.1. The Morgan fingerprint density at radius 1 is 1.59 bits per heavy atom. The Kier molecular flexibility index (Phi) is 2.96. The number of nitrogens with zero attached hydrogens (tertiary/aromatic N) is 1. The quantitative estimate of drug-likeness (QED) is 0.839. The lowest BCUT2D eigenvalue weighted by molar-refractivity contribution is -0.141. The molecular formula is C13H17NO3. The molecule has 0 aliphatic carbocycles. The van der Waals surface area contributed by atoms with E-state index in [4.69, 9.17) is 5.11 Å². The highest BCUT2D eigenvalue weighted by Crippen LogP contribution is 2.36. The number of fused-ring (bicyclic) bond motifs is 1. The summed E-state index contributed by atoms with van der Waals surface area (Å²) < 4.78 is 0. The third kappa shape index (κ3) is 1.95. The smallest absolute Gasteiger partial charge is 0.308 e. The lowest BCUT2D eigenvalue weighted by atomic mass is 9.98. The Morgan fingerprint density at radius 3 is 2.88 bits per heavy atom. The Morgan fingerprint density at radius 2 is 2.29 bits per heavy atom. The van der Waals surface area contributed by atoms with E-state index in [1.54, 1.807) is 19.1 Å². The summed E-state index contributed by atoms with van der Waals surface area (Å²) in [5.74, 6) is -0.946. The molecule has 0 aromatic heterocycles. The average molecular weight is 235 g/mol. The summed E-state index contributed by atoms with van der Waals surface area (Å²) in [6.45, 7) is 4.53. The van der Waals surface area contributed by atoms with Crippen LogP contribution in [-0.2, 0) is 11.2 Å². The molecule has 4 nitrogen and oxygen atoms in total. The van der Waals surface area contributed by atoms with Crippen LogP contribution < -0.4 is 4.90 Å². The summed E-state index contributed by atoms with van der Waals surface area (Å²) in [7, 11) is 0. The van der Waals surface area contributed by atoms with Crippen LogP contribution in [0.4, 0.5) is 5.69 Å². The standard InChI is InChI=1S/C13H17NO3/c1-3-14-11-5-4-10(15)6-9(11)7-12(14)8(2)13(16)17/h4-6,8,12,15H,3,7H2,1-2H3,(H,16,17). The number of rotatable bonds is 3. The number of benzene rings is 1. The van der Waals surface area contributed by atoms with E-state index < -0.39 is 11.9 Å². The number of hydrogen-bond acceptors (Lipinski definition) is 3. The largest absolute Gasteiger partial charge is 0.508 e. The number of phenols is 1. The molecular weight excluding hydrogens is 218 g/mol. The van der Waals surface area contributed by atoms with Crippen LogP contribution in [0.3, 0.4) is 0 Å². The van der Waals surface area contributed by atoms with E-state index in [1.807, 2.05) is 13.0 Å². The molecule has 0 spiro atoms. The Hall–Kier alpha value is -1.71. The van der Waals surface area contributed by atoms with E-state index in [1.165, 1.54) is 0 Å². The van der Waals surface area contributed by atoms with Crippen molar-refractivity contribution >= 4 is 11.7 Å². The number of aliphatic carboxylic acids is 1. The summed E-state index contributed by atoms with van der Waals surface area (Å²) >= 11 is 0. The number of hydrogen-bond donors (Lipinski definition) is 2. The fourth-order valence-corrected chi connectivity index (χ4v) is 2.55. The first-order valence-corrected chi connectivity index (χ1v) is 5.86. The van der Waals surface area contributed by atoms with E-state index in [-0.39, 0.29) is 11.8 Å². The monoisotopic (exact) mass is 235 g/mol. The SMILES string of the molecule is CCN1c2ccc(O)cc2CC1C(C)C(=O)O. The lowest BCUT2D eigenvalue weighted by Gasteiger charge is -2.28. The highest BCUT2D eigenvalue weighted by Gasteiger charge is 2.35. The van der Waals surface area contributed by atoms with Crippen molar-refractivity contribution in [2.45, 2.75) is 26.3 Å². The molecule has 1 heterocycles. The molecule has 1 aliphatic heterocycles. The predicted molar refractivity (Wildman–Crippen MR) is 65.4 cm³/mol. The molecule has 0 bridgehead atoms. The fourth-order valence-electron chi connectivity index (χ4n) is 2.55. The first-order chi connectivity index (χ1) is 8.04. The van der Waals surface area contributed by atoms with Crippen LogP contribution in [0.5, 0.6) is 5.75 Å². The van der Waals surface area contributed by atoms with Gasteiger partial charge < -0.3 is 15.1 Å². The highest BCUT2D eigenvalue weighted by molar-refractivity contribution is 5.73. The van der Waals surface area contributed by atoms with Crippen molar-refractivity contribution in [1.82, 2.24) is 0 Å². The Bertz CT molecular complexity index is 444. The molecule has 2 unspecified atom stereocenters. The van der Waals surface area contributed by atoms with Crippen LogP contribution >= 0.6 is 0 Å². The average Bonchev–Trinajstić information content (AvgIpc) is 2.64. The molecule has 2 rings (SSSR count). The molecule has 92 valence electrons. The second-order valence-corrected chi connectivity index (χ2v) is 4.50. The minimum Gasteiger partial charge on any atom is -0.508 e. The van der Waals surface area contributed by atoms with Crippen LogP contribution in [0, 0.1) is 5.92 Å². The van der Waals surface area contributed by atoms with Crippen LogP contribution in [0.25, 0.3) is 0 Å². The number of likely N-dealkylation sites (N-methyl/N-ethyl adjacent to an activating group) is 1. The Balaban J connectivity index is 2.34. The molecule has 4 heteroatoms. The van der Waals surface area contributed by atoms with Gasteiger partial charge in [-0.15, -0.1) is 0 Å². The molecule has 2 atom stereocenters. The highest BCUT2D eigenvalue weighted by atomic mass is 16.4. The van der Waals surface area contributed by atoms with Gasteiger partial charge in [-0.1, -0.05) is 0 Å². The van der Waals surface area contributed by atoms with Gasteiger partial charge in [-0.2, -0.15) is 0 Å². The zero-order valence-corrected chi connectivity index (χ0v) is 10.1. The van der Waals surface area contributed by atoms with Gasteiger partial charge in [0.05, 0.1) is 5.92 Å². The van der Waals surface area contributed by atoms with Crippen LogP contribution in [0.15, 0.2) is 18.2 Å². The first-order valence-electron chi connectivity index (χ1n) is 5.86. The van der Waals surface area contributed by atoms with Crippen LogP contribution in [-0.4, -0.2) is 28.8 Å². The van der Waals surface area contributed by atoms with Crippen molar-refractivity contribution < 1.29 is 15.0 Å². The maximum Gasteiger partial charge on any atom is 0.308 e. The molecule has 0 saturated carbocycles. The molecule has 1 aromatic carbocycles. The molecule has 0 radical (unpaired) electrons. The van der Waals surface area contributed by atoms with Gasteiger partial charge in [0.2, 0.25) is 0 Å². The van der Waals surface area contributed by atoms with Gasteiger partial charge >= 0.3 is 5.97 Å². The minimum absolute atomic E-state index is 0.0192. The summed E-state index contributed by atoms with van der Waals surface area (Å²) in [5.41, 5.74) is 2.08. The molecule has 0 amide bonds. The normalized spacial score (nSPS) is 20.1. The molecule has 1 aromatic rings. The fraction of sp³-hybridized carbons (Fsp3) is 0.462. The summed E-state index contributed by atoms with van der Waals surface area (Å²) in [6, 6.07) is 5.22. The van der Waals surface area contributed by atoms with Gasteiger partial charge in [0.15, 0.2) is 0 Å². The van der Waals surface area contributed by atoms with Gasteiger partial charge in [-0.3, -0.25) is 4.79 Å². The predicted octanol–water partition coefficient (Wildman–Crippen LogP) is 1.86.